The van der Waals surface area contributed by atoms with E-state index in [-0.39, 0.29) is 25.2 Å². The van der Waals surface area contributed by atoms with E-state index in [4.69, 9.17) is 14.2 Å². The highest BCUT2D eigenvalue weighted by molar-refractivity contribution is 5.70. The van der Waals surface area contributed by atoms with Gasteiger partial charge in [0.1, 0.15) is 6.61 Å². The van der Waals surface area contributed by atoms with Gasteiger partial charge < -0.3 is 14.2 Å². The second-order valence-electron chi connectivity index (χ2n) is 18.1. The molecule has 0 aliphatic heterocycles. The number of ether oxygens (including phenoxy) is 3. The quantitative estimate of drug-likeness (QED) is 0.0347. The van der Waals surface area contributed by atoms with E-state index in [1.807, 2.05) is 0 Å². The molecule has 0 heterocycles. The largest absolute Gasteiger partial charge is 0.462 e. The minimum absolute atomic E-state index is 0.0871. The van der Waals surface area contributed by atoms with Gasteiger partial charge in [-0.1, -0.05) is 231 Å². The molecule has 0 amide bonds. The van der Waals surface area contributed by atoms with E-state index in [2.05, 4.69) is 45.1 Å². The summed E-state index contributed by atoms with van der Waals surface area (Å²) in [5.74, 6) is -0.388. The summed E-state index contributed by atoms with van der Waals surface area (Å²) in [6.45, 7) is 7.84. The molecule has 5 heteroatoms. The first-order valence-corrected chi connectivity index (χ1v) is 26.9. The Morgan fingerprint density at radius 2 is 0.650 bits per heavy atom. The van der Waals surface area contributed by atoms with Gasteiger partial charge in [0.25, 0.3) is 0 Å². The van der Waals surface area contributed by atoms with E-state index in [1.165, 1.54) is 218 Å². The van der Waals surface area contributed by atoms with Crippen LogP contribution in [0.15, 0.2) is 24.3 Å². The van der Waals surface area contributed by atoms with Crippen molar-refractivity contribution in [2.45, 2.75) is 297 Å². The van der Waals surface area contributed by atoms with Gasteiger partial charge in [-0.25, -0.2) is 0 Å². The van der Waals surface area contributed by atoms with Crippen molar-refractivity contribution in [2.75, 3.05) is 19.8 Å². The summed E-state index contributed by atoms with van der Waals surface area (Å²) < 4.78 is 17.4. The molecule has 0 aromatic rings. The Labute approximate surface area is 375 Å². The van der Waals surface area contributed by atoms with Gasteiger partial charge in [-0.05, 0) is 70.6 Å². The number of unbranched alkanes of at least 4 members (excludes halogenated alkanes) is 35. The van der Waals surface area contributed by atoms with Crippen molar-refractivity contribution in [1.82, 2.24) is 0 Å². The van der Waals surface area contributed by atoms with E-state index >= 15 is 0 Å². The monoisotopic (exact) mass is 845 g/mol. The molecule has 0 saturated heterocycles. The Bertz CT molecular complexity index is 913. The number of hydrogen-bond acceptors (Lipinski definition) is 5. The lowest BCUT2D eigenvalue weighted by Gasteiger charge is -2.18. The molecule has 60 heavy (non-hydrogen) atoms. The molecular formula is C55H104O5. The molecule has 5 nitrogen and oxygen atoms in total. The Balaban J connectivity index is 4.22. The second-order valence-corrected chi connectivity index (χ2v) is 18.1. The molecule has 0 aliphatic rings. The molecule has 1 atom stereocenters. The SMILES string of the molecule is CCCCCC/C=C\CCCCCCCCOCC(COC(=O)CCCCCCCCC/C=C\CCCCCCCC)OC(=O)CCCCCCCCCCCCCCC. The van der Waals surface area contributed by atoms with Crippen LogP contribution in [-0.4, -0.2) is 37.9 Å². The lowest BCUT2D eigenvalue weighted by Crippen LogP contribution is -2.30. The fraction of sp³-hybridized carbons (Fsp3) is 0.891. The zero-order valence-corrected chi connectivity index (χ0v) is 40.7. The third kappa shape index (κ3) is 49.0. The first-order chi connectivity index (χ1) is 29.6. The fourth-order valence-electron chi connectivity index (χ4n) is 7.91. The van der Waals surface area contributed by atoms with Crippen LogP contribution in [0.5, 0.6) is 0 Å². The number of esters is 2. The average molecular weight is 845 g/mol. The van der Waals surface area contributed by atoms with Gasteiger partial charge in [0.15, 0.2) is 6.10 Å². The van der Waals surface area contributed by atoms with Crippen molar-refractivity contribution >= 4 is 11.9 Å². The molecule has 354 valence electrons. The minimum atomic E-state index is -0.534. The van der Waals surface area contributed by atoms with Gasteiger partial charge in [-0.2, -0.15) is 0 Å². The van der Waals surface area contributed by atoms with Crippen molar-refractivity contribution in [3.05, 3.63) is 24.3 Å². The van der Waals surface area contributed by atoms with E-state index in [0.29, 0.717) is 19.4 Å². The van der Waals surface area contributed by atoms with Crippen molar-refractivity contribution < 1.29 is 23.8 Å². The molecule has 1 unspecified atom stereocenters. The second kappa shape index (κ2) is 51.7. The van der Waals surface area contributed by atoms with Crippen LogP contribution < -0.4 is 0 Å². The van der Waals surface area contributed by atoms with Crippen LogP contribution in [-0.2, 0) is 23.8 Å². The highest BCUT2D eigenvalue weighted by Gasteiger charge is 2.17. The van der Waals surface area contributed by atoms with Crippen molar-refractivity contribution in [3.8, 4) is 0 Å². The zero-order chi connectivity index (χ0) is 43.5. The van der Waals surface area contributed by atoms with Gasteiger partial charge in [-0.3, -0.25) is 9.59 Å². The molecular weight excluding hydrogens is 741 g/mol. The lowest BCUT2D eigenvalue weighted by molar-refractivity contribution is -0.163. The Morgan fingerprint density at radius 3 is 1.03 bits per heavy atom. The first kappa shape index (κ1) is 58.4. The minimum Gasteiger partial charge on any atom is -0.462 e. The van der Waals surface area contributed by atoms with Crippen LogP contribution in [0.4, 0.5) is 0 Å². The zero-order valence-electron chi connectivity index (χ0n) is 40.7. The van der Waals surface area contributed by atoms with Gasteiger partial charge in [0.2, 0.25) is 0 Å². The van der Waals surface area contributed by atoms with E-state index in [1.54, 1.807) is 0 Å². The predicted molar refractivity (Wildman–Crippen MR) is 261 cm³/mol. The van der Waals surface area contributed by atoms with Crippen LogP contribution in [0.2, 0.25) is 0 Å². The molecule has 0 aliphatic carbocycles. The topological polar surface area (TPSA) is 61.8 Å². The summed E-state index contributed by atoms with van der Waals surface area (Å²) in [6.07, 6.45) is 60.4. The summed E-state index contributed by atoms with van der Waals surface area (Å²) in [7, 11) is 0. The third-order valence-electron chi connectivity index (χ3n) is 12.0. The van der Waals surface area contributed by atoms with Crippen LogP contribution in [0.1, 0.15) is 290 Å². The number of carbonyl (C=O) groups excluding carboxylic acids is 2. The summed E-state index contributed by atoms with van der Waals surface area (Å²) in [5.41, 5.74) is 0. The molecule has 0 aromatic carbocycles. The maximum Gasteiger partial charge on any atom is 0.306 e. The Morgan fingerprint density at radius 1 is 0.350 bits per heavy atom. The summed E-state index contributed by atoms with van der Waals surface area (Å²) in [6, 6.07) is 0. The van der Waals surface area contributed by atoms with E-state index < -0.39 is 6.10 Å². The van der Waals surface area contributed by atoms with Gasteiger partial charge in [-0.15, -0.1) is 0 Å². The van der Waals surface area contributed by atoms with Crippen LogP contribution in [0.25, 0.3) is 0 Å². The van der Waals surface area contributed by atoms with Crippen LogP contribution in [0, 0.1) is 0 Å². The maximum atomic E-state index is 12.8. The first-order valence-electron chi connectivity index (χ1n) is 26.9. The molecule has 0 bridgehead atoms. The molecule has 0 N–H and O–H groups in total. The number of carbonyl (C=O) groups is 2. The highest BCUT2D eigenvalue weighted by atomic mass is 16.6. The molecule has 0 fully saturated rings. The van der Waals surface area contributed by atoms with Crippen LogP contribution in [0.3, 0.4) is 0 Å². The van der Waals surface area contributed by atoms with Crippen molar-refractivity contribution in [2.24, 2.45) is 0 Å². The normalized spacial score (nSPS) is 12.2. The lowest BCUT2D eigenvalue weighted by atomic mass is 10.0. The standard InChI is InChI=1S/C55H104O5/c1-4-7-10-13-16-19-22-25-27-28-29-31-33-36-39-42-45-48-54(56)59-52-53(51-58-50-47-44-41-38-35-32-26-23-20-17-14-11-8-5-2)60-55(57)49-46-43-40-37-34-30-24-21-18-15-12-9-6-3/h20,23,25,27,53H,4-19,21-22,24,26,28-52H2,1-3H3/b23-20-,27-25-. The van der Waals surface area contributed by atoms with E-state index in [0.717, 1.165) is 38.5 Å². The molecule has 0 spiro atoms. The van der Waals surface area contributed by atoms with Crippen molar-refractivity contribution in [3.63, 3.8) is 0 Å². The highest BCUT2D eigenvalue weighted by Crippen LogP contribution is 2.15. The summed E-state index contributed by atoms with van der Waals surface area (Å²) in [5, 5.41) is 0. The number of hydrogen-bond donors (Lipinski definition) is 0. The van der Waals surface area contributed by atoms with Gasteiger partial charge >= 0.3 is 11.9 Å². The third-order valence-corrected chi connectivity index (χ3v) is 12.0. The molecule has 0 radical (unpaired) electrons. The molecule has 0 saturated carbocycles. The van der Waals surface area contributed by atoms with E-state index in [9.17, 15) is 9.59 Å². The fourth-order valence-corrected chi connectivity index (χ4v) is 7.91. The van der Waals surface area contributed by atoms with Crippen LogP contribution >= 0.6 is 0 Å². The van der Waals surface area contributed by atoms with Gasteiger partial charge in [0.05, 0.1) is 6.61 Å². The van der Waals surface area contributed by atoms with Gasteiger partial charge in [0, 0.05) is 19.4 Å². The molecule has 0 aromatic heterocycles. The maximum absolute atomic E-state index is 12.8. The van der Waals surface area contributed by atoms with Crippen molar-refractivity contribution in [1.29, 1.82) is 0 Å². The summed E-state index contributed by atoms with van der Waals surface area (Å²) >= 11 is 0. The molecule has 0 rings (SSSR count). The smallest absolute Gasteiger partial charge is 0.306 e. The number of rotatable bonds is 50. The Kier molecular flexibility index (Phi) is 50.3. The summed E-state index contributed by atoms with van der Waals surface area (Å²) in [4.78, 5) is 25.4. The number of allylic oxidation sites excluding steroid dienone is 4. The Hall–Kier alpha value is -1.62. The average Bonchev–Trinajstić information content (AvgIpc) is 3.25. The predicted octanol–water partition coefficient (Wildman–Crippen LogP) is 18.0.